The summed E-state index contributed by atoms with van der Waals surface area (Å²) in [6.07, 6.45) is 0. The van der Waals surface area contributed by atoms with Gasteiger partial charge in [-0.3, -0.25) is 4.79 Å². The highest BCUT2D eigenvalue weighted by molar-refractivity contribution is 7.09. The van der Waals surface area contributed by atoms with E-state index in [9.17, 15) is 9.59 Å². The van der Waals surface area contributed by atoms with Crippen molar-refractivity contribution in [3.05, 3.63) is 82.6 Å². The number of hydrogen-bond donors (Lipinski definition) is 1. The summed E-state index contributed by atoms with van der Waals surface area (Å²) < 4.78 is 5.46. The van der Waals surface area contributed by atoms with Crippen molar-refractivity contribution in [2.75, 3.05) is 25.0 Å². The van der Waals surface area contributed by atoms with Crippen molar-refractivity contribution in [3.8, 4) is 5.75 Å². The number of benzene rings is 2. The average Bonchev–Trinajstić information content (AvgIpc) is 3.33. The molecule has 0 saturated carbocycles. The van der Waals surface area contributed by atoms with Gasteiger partial charge in [-0.2, -0.15) is 0 Å². The number of rotatable bonds is 11. The van der Waals surface area contributed by atoms with Crippen LogP contribution < -0.4 is 10.1 Å². The SMILES string of the molecule is CCOc1ccc(NC(=O)N(CC(=O)N(Cc2ccccc2)Cc2cccs2)CC(C)C)cc1. The lowest BCUT2D eigenvalue weighted by atomic mass is 10.2. The molecule has 0 aliphatic rings. The molecule has 3 rings (SSSR count). The summed E-state index contributed by atoms with van der Waals surface area (Å²) in [7, 11) is 0. The Morgan fingerprint density at radius 1 is 0.941 bits per heavy atom. The van der Waals surface area contributed by atoms with Gasteiger partial charge in [-0.15, -0.1) is 11.3 Å². The molecule has 1 heterocycles. The van der Waals surface area contributed by atoms with Gasteiger partial charge in [0, 0.05) is 23.7 Å². The molecule has 0 atom stereocenters. The van der Waals surface area contributed by atoms with E-state index in [0.29, 0.717) is 31.9 Å². The topological polar surface area (TPSA) is 61.9 Å². The zero-order valence-corrected chi connectivity index (χ0v) is 20.9. The summed E-state index contributed by atoms with van der Waals surface area (Å²) in [5.41, 5.74) is 1.72. The molecule has 6 nitrogen and oxygen atoms in total. The standard InChI is InChI=1S/C27H33N3O3S/c1-4-33-24-14-12-23(13-15-24)28-27(32)30(17-21(2)3)20-26(31)29(19-25-11-8-16-34-25)18-22-9-6-5-7-10-22/h5-16,21H,4,17-20H2,1-3H3,(H,28,32). The first kappa shape index (κ1) is 25.3. The molecular weight excluding hydrogens is 446 g/mol. The number of amides is 3. The minimum absolute atomic E-state index is 0.0131. The van der Waals surface area contributed by atoms with Crippen molar-refractivity contribution < 1.29 is 14.3 Å². The van der Waals surface area contributed by atoms with Crippen molar-refractivity contribution in [2.45, 2.75) is 33.9 Å². The molecule has 0 radical (unpaired) electrons. The molecule has 0 spiro atoms. The van der Waals surface area contributed by atoms with Crippen molar-refractivity contribution >= 4 is 29.0 Å². The molecule has 0 aliphatic carbocycles. The van der Waals surface area contributed by atoms with Crippen LogP contribution in [0.3, 0.4) is 0 Å². The quantitative estimate of drug-likeness (QED) is 0.374. The molecule has 7 heteroatoms. The van der Waals surface area contributed by atoms with E-state index in [1.54, 1.807) is 28.4 Å². The second kappa shape index (κ2) is 12.8. The van der Waals surface area contributed by atoms with Gasteiger partial charge in [-0.25, -0.2) is 4.79 Å². The van der Waals surface area contributed by atoms with E-state index in [2.05, 4.69) is 5.32 Å². The first-order valence-electron chi connectivity index (χ1n) is 11.6. The van der Waals surface area contributed by atoms with Crippen LogP contribution in [0.1, 0.15) is 31.2 Å². The lowest BCUT2D eigenvalue weighted by molar-refractivity contribution is -0.133. The van der Waals surface area contributed by atoms with Crippen LogP contribution in [0.15, 0.2) is 72.1 Å². The van der Waals surface area contributed by atoms with Crippen molar-refractivity contribution in [1.82, 2.24) is 9.80 Å². The molecule has 0 aliphatic heterocycles. The number of nitrogens with one attached hydrogen (secondary N) is 1. The van der Waals surface area contributed by atoms with E-state index in [1.807, 2.05) is 85.6 Å². The van der Waals surface area contributed by atoms with Crippen LogP contribution in [0, 0.1) is 5.92 Å². The highest BCUT2D eigenvalue weighted by Crippen LogP contribution is 2.18. The van der Waals surface area contributed by atoms with Crippen molar-refractivity contribution in [2.24, 2.45) is 5.92 Å². The van der Waals surface area contributed by atoms with Gasteiger partial charge in [0.05, 0.1) is 13.2 Å². The first-order chi connectivity index (χ1) is 16.4. The average molecular weight is 480 g/mol. The predicted octanol–water partition coefficient (Wildman–Crippen LogP) is 5.87. The summed E-state index contributed by atoms with van der Waals surface area (Å²) in [6, 6.07) is 20.9. The molecule has 2 aromatic carbocycles. The molecule has 3 aromatic rings. The Balaban J connectivity index is 1.72. The normalized spacial score (nSPS) is 10.7. The Labute approximate surface area is 206 Å². The number of carbonyl (C=O) groups excluding carboxylic acids is 2. The number of ether oxygens (including phenoxy) is 1. The number of anilines is 1. The Morgan fingerprint density at radius 2 is 1.68 bits per heavy atom. The van der Waals surface area contributed by atoms with Gasteiger partial charge in [-0.1, -0.05) is 50.2 Å². The Hall–Kier alpha value is -3.32. The second-order valence-corrected chi connectivity index (χ2v) is 9.51. The fraction of sp³-hybridized carbons (Fsp3) is 0.333. The van der Waals surface area contributed by atoms with Crippen LogP contribution in [0.25, 0.3) is 0 Å². The van der Waals surface area contributed by atoms with Crippen molar-refractivity contribution in [1.29, 1.82) is 0 Å². The fourth-order valence-corrected chi connectivity index (χ4v) is 4.27. The summed E-state index contributed by atoms with van der Waals surface area (Å²) >= 11 is 1.62. The third-order valence-corrected chi connectivity index (χ3v) is 5.97. The molecule has 180 valence electrons. The maximum absolute atomic E-state index is 13.4. The Kier molecular flexibility index (Phi) is 9.52. The van der Waals surface area contributed by atoms with Gasteiger partial charge in [0.25, 0.3) is 0 Å². The molecule has 3 amide bonds. The summed E-state index contributed by atoms with van der Waals surface area (Å²) in [6.45, 7) is 8.09. The molecule has 0 unspecified atom stereocenters. The van der Waals surface area contributed by atoms with Crippen molar-refractivity contribution in [3.63, 3.8) is 0 Å². The van der Waals surface area contributed by atoms with E-state index in [-0.39, 0.29) is 24.4 Å². The second-order valence-electron chi connectivity index (χ2n) is 8.48. The van der Waals surface area contributed by atoms with Crippen LogP contribution in [-0.4, -0.2) is 41.4 Å². The van der Waals surface area contributed by atoms with Gasteiger partial charge < -0.3 is 19.9 Å². The summed E-state index contributed by atoms with van der Waals surface area (Å²) in [5.74, 6) is 0.887. The number of urea groups is 1. The zero-order valence-electron chi connectivity index (χ0n) is 20.1. The molecular formula is C27H33N3O3S. The maximum atomic E-state index is 13.4. The van der Waals surface area contributed by atoms with E-state index in [0.717, 1.165) is 16.2 Å². The van der Waals surface area contributed by atoms with E-state index >= 15 is 0 Å². The highest BCUT2D eigenvalue weighted by Gasteiger charge is 2.23. The molecule has 1 aromatic heterocycles. The van der Waals surface area contributed by atoms with E-state index in [1.165, 1.54) is 0 Å². The monoisotopic (exact) mass is 479 g/mol. The molecule has 0 bridgehead atoms. The van der Waals surface area contributed by atoms with Crippen LogP contribution in [-0.2, 0) is 17.9 Å². The molecule has 34 heavy (non-hydrogen) atoms. The predicted molar refractivity (Wildman–Crippen MR) is 138 cm³/mol. The van der Waals surface area contributed by atoms with Gasteiger partial charge in [0.15, 0.2) is 0 Å². The molecule has 0 saturated heterocycles. The minimum Gasteiger partial charge on any atom is -0.494 e. The third kappa shape index (κ3) is 7.92. The first-order valence-corrected chi connectivity index (χ1v) is 12.5. The minimum atomic E-state index is -0.290. The smallest absolute Gasteiger partial charge is 0.322 e. The van der Waals surface area contributed by atoms with Crippen LogP contribution in [0.2, 0.25) is 0 Å². The summed E-state index contributed by atoms with van der Waals surface area (Å²) in [5, 5.41) is 4.93. The van der Waals surface area contributed by atoms with Gasteiger partial charge >= 0.3 is 6.03 Å². The van der Waals surface area contributed by atoms with E-state index < -0.39 is 0 Å². The van der Waals surface area contributed by atoms with Crippen LogP contribution in [0.5, 0.6) is 5.75 Å². The van der Waals surface area contributed by atoms with Gasteiger partial charge in [-0.05, 0) is 54.1 Å². The van der Waals surface area contributed by atoms with E-state index in [4.69, 9.17) is 4.74 Å². The van der Waals surface area contributed by atoms with Crippen LogP contribution >= 0.6 is 11.3 Å². The maximum Gasteiger partial charge on any atom is 0.322 e. The number of thiophene rings is 1. The number of hydrogen-bond acceptors (Lipinski definition) is 4. The number of nitrogens with zero attached hydrogens (tertiary/aromatic N) is 2. The third-order valence-electron chi connectivity index (χ3n) is 5.11. The van der Waals surface area contributed by atoms with Gasteiger partial charge in [0.1, 0.15) is 12.3 Å². The Bertz CT molecular complexity index is 1020. The summed E-state index contributed by atoms with van der Waals surface area (Å²) in [4.78, 5) is 31.1. The number of carbonyl (C=O) groups is 2. The molecule has 1 N–H and O–H groups in total. The highest BCUT2D eigenvalue weighted by atomic mass is 32.1. The fourth-order valence-electron chi connectivity index (χ4n) is 3.55. The largest absolute Gasteiger partial charge is 0.494 e. The lowest BCUT2D eigenvalue weighted by Crippen LogP contribution is -2.45. The Morgan fingerprint density at radius 3 is 2.29 bits per heavy atom. The molecule has 0 fully saturated rings. The van der Waals surface area contributed by atoms with Gasteiger partial charge in [0.2, 0.25) is 5.91 Å². The van der Waals surface area contributed by atoms with Crippen LogP contribution in [0.4, 0.5) is 10.5 Å². The lowest BCUT2D eigenvalue weighted by Gasteiger charge is -2.29. The zero-order chi connectivity index (χ0) is 24.3.